The van der Waals surface area contributed by atoms with E-state index in [1.807, 2.05) is 6.92 Å². The van der Waals surface area contributed by atoms with Crippen LogP contribution in [0.4, 0.5) is 0 Å². The molecule has 0 bridgehead atoms. The Balaban J connectivity index is 2.00. The molecule has 1 aromatic rings. The Bertz CT molecular complexity index is 579. The number of carboxylic acids is 1. The third-order valence-corrected chi connectivity index (χ3v) is 4.41. The molecule has 23 heavy (non-hydrogen) atoms. The molecule has 1 aromatic carbocycles. The van der Waals surface area contributed by atoms with Crippen LogP contribution in [0, 0.1) is 6.92 Å². The van der Waals surface area contributed by atoms with E-state index in [-0.39, 0.29) is 11.3 Å². The van der Waals surface area contributed by atoms with Crippen LogP contribution >= 0.6 is 0 Å². The number of ether oxygens (including phenoxy) is 1. The lowest BCUT2D eigenvalue weighted by Gasteiger charge is -2.32. The number of nitrogens with zero attached hydrogens (tertiary/aromatic N) is 1. The number of benzene rings is 1. The van der Waals surface area contributed by atoms with Crippen LogP contribution < -0.4 is 0 Å². The molecular weight excluding hydrogens is 294 g/mol. The maximum atomic E-state index is 12.5. The third kappa shape index (κ3) is 4.10. The van der Waals surface area contributed by atoms with Gasteiger partial charge in [-0.3, -0.25) is 4.79 Å². The van der Waals surface area contributed by atoms with Crippen molar-refractivity contribution in [3.63, 3.8) is 0 Å². The van der Waals surface area contributed by atoms with Crippen molar-refractivity contribution in [2.45, 2.75) is 51.2 Å². The van der Waals surface area contributed by atoms with Crippen molar-refractivity contribution in [3.05, 3.63) is 35.4 Å². The second kappa shape index (κ2) is 6.71. The highest BCUT2D eigenvalue weighted by Gasteiger charge is 2.37. The van der Waals surface area contributed by atoms with Gasteiger partial charge in [0, 0.05) is 19.0 Å². The summed E-state index contributed by atoms with van der Waals surface area (Å²) in [5.74, 6) is -1.14. The second-order valence-electron chi connectivity index (χ2n) is 6.97. The minimum absolute atomic E-state index is 0.145. The van der Waals surface area contributed by atoms with E-state index < -0.39 is 18.2 Å². The zero-order valence-electron chi connectivity index (χ0n) is 14.2. The van der Waals surface area contributed by atoms with Crippen LogP contribution in [0.25, 0.3) is 0 Å². The van der Waals surface area contributed by atoms with E-state index >= 15 is 0 Å². The molecule has 1 aliphatic rings. The lowest BCUT2D eigenvalue weighted by Crippen LogP contribution is -2.43. The predicted molar refractivity (Wildman–Crippen MR) is 87.4 cm³/mol. The molecule has 2 atom stereocenters. The fourth-order valence-electron chi connectivity index (χ4n) is 3.01. The summed E-state index contributed by atoms with van der Waals surface area (Å²) in [4.78, 5) is 25.1. The van der Waals surface area contributed by atoms with Crippen LogP contribution in [0.1, 0.15) is 37.8 Å². The van der Waals surface area contributed by atoms with E-state index in [1.165, 1.54) is 11.1 Å². The molecule has 5 heteroatoms. The van der Waals surface area contributed by atoms with Gasteiger partial charge in [0.05, 0.1) is 0 Å². The van der Waals surface area contributed by atoms with Gasteiger partial charge in [0.2, 0.25) is 0 Å². The second-order valence-corrected chi connectivity index (χ2v) is 6.97. The number of carboxylic acid groups (broad SMARTS) is 1. The molecule has 126 valence electrons. The highest BCUT2D eigenvalue weighted by atomic mass is 16.5. The van der Waals surface area contributed by atoms with E-state index in [0.717, 1.165) is 0 Å². The summed E-state index contributed by atoms with van der Waals surface area (Å²) in [6, 6.07) is 8.30. The number of carbonyl (C=O) groups is 2. The number of rotatable bonds is 5. The Hall–Kier alpha value is -1.88. The number of hydrogen-bond donors (Lipinski definition) is 1. The Morgan fingerprint density at radius 2 is 1.78 bits per heavy atom. The Morgan fingerprint density at radius 3 is 2.30 bits per heavy atom. The maximum Gasteiger partial charge on any atom is 0.332 e. The van der Waals surface area contributed by atoms with Gasteiger partial charge in [-0.1, -0.05) is 43.7 Å². The van der Waals surface area contributed by atoms with Gasteiger partial charge < -0.3 is 14.7 Å². The van der Waals surface area contributed by atoms with Gasteiger partial charge in [-0.25, -0.2) is 4.79 Å². The number of hydrogen-bond acceptors (Lipinski definition) is 3. The molecule has 0 saturated carbocycles. The smallest absolute Gasteiger partial charge is 0.332 e. The van der Waals surface area contributed by atoms with Crippen LogP contribution in [0.3, 0.4) is 0 Å². The van der Waals surface area contributed by atoms with Gasteiger partial charge in [0.1, 0.15) is 6.10 Å². The van der Waals surface area contributed by atoms with E-state index in [4.69, 9.17) is 9.84 Å². The normalized spacial score (nSPS) is 21.2. The van der Waals surface area contributed by atoms with E-state index in [0.29, 0.717) is 19.4 Å². The van der Waals surface area contributed by atoms with Crippen molar-refractivity contribution in [1.29, 1.82) is 0 Å². The Kier molecular flexibility index (Phi) is 5.09. The number of carbonyl (C=O) groups excluding carboxylic acids is 1. The molecule has 1 N–H and O–H groups in total. The number of aliphatic carboxylic acids is 1. The minimum Gasteiger partial charge on any atom is -0.479 e. The summed E-state index contributed by atoms with van der Waals surface area (Å²) in [6.45, 7) is 6.78. The topological polar surface area (TPSA) is 66.8 Å². The summed E-state index contributed by atoms with van der Waals surface area (Å²) in [7, 11) is 1.75. The van der Waals surface area contributed by atoms with Gasteiger partial charge >= 0.3 is 5.97 Å². The highest BCUT2D eigenvalue weighted by molar-refractivity contribution is 5.82. The lowest BCUT2D eigenvalue weighted by molar-refractivity contribution is -0.154. The summed E-state index contributed by atoms with van der Waals surface area (Å²) >= 11 is 0. The van der Waals surface area contributed by atoms with Crippen molar-refractivity contribution >= 4 is 11.9 Å². The number of amides is 1. The zero-order valence-corrected chi connectivity index (χ0v) is 14.2. The van der Waals surface area contributed by atoms with Gasteiger partial charge in [0.15, 0.2) is 6.10 Å². The van der Waals surface area contributed by atoms with Crippen LogP contribution in [0.5, 0.6) is 0 Å². The highest BCUT2D eigenvalue weighted by Crippen LogP contribution is 2.26. The monoisotopic (exact) mass is 319 g/mol. The Labute approximate surface area is 137 Å². The molecule has 5 nitrogen and oxygen atoms in total. The predicted octanol–water partition coefficient (Wildman–Crippen LogP) is 2.36. The van der Waals surface area contributed by atoms with Crippen molar-refractivity contribution in [3.8, 4) is 0 Å². The Morgan fingerprint density at radius 1 is 1.22 bits per heavy atom. The van der Waals surface area contributed by atoms with Crippen molar-refractivity contribution in [1.82, 2.24) is 4.90 Å². The first kappa shape index (κ1) is 17.5. The third-order valence-electron chi connectivity index (χ3n) is 4.41. The molecule has 0 aromatic heterocycles. The van der Waals surface area contributed by atoms with Gasteiger partial charge in [0.25, 0.3) is 5.91 Å². The van der Waals surface area contributed by atoms with Crippen molar-refractivity contribution in [2.75, 3.05) is 13.6 Å². The molecule has 0 spiro atoms. The molecule has 1 fully saturated rings. The standard InChI is InChI=1S/C18H25NO4/c1-12-5-7-13(8-6-12)18(2,3)11-19(4)16(20)14-9-10-15(23-14)17(21)22/h5-8,14-15H,9-11H2,1-4H3,(H,21,22)/t14-,15+/m0/s1. The van der Waals surface area contributed by atoms with Gasteiger partial charge in [-0.05, 0) is 25.3 Å². The molecule has 1 aliphatic heterocycles. The van der Waals surface area contributed by atoms with Crippen LogP contribution in [-0.2, 0) is 19.7 Å². The molecule has 0 radical (unpaired) electrons. The van der Waals surface area contributed by atoms with E-state index in [2.05, 4.69) is 38.1 Å². The van der Waals surface area contributed by atoms with Crippen molar-refractivity contribution in [2.24, 2.45) is 0 Å². The average Bonchev–Trinajstić information content (AvgIpc) is 2.96. The first-order valence-electron chi connectivity index (χ1n) is 7.91. The van der Waals surface area contributed by atoms with E-state index in [1.54, 1.807) is 11.9 Å². The van der Waals surface area contributed by atoms with Crippen LogP contribution in [0.2, 0.25) is 0 Å². The van der Waals surface area contributed by atoms with Crippen LogP contribution in [0.15, 0.2) is 24.3 Å². The molecule has 1 amide bonds. The summed E-state index contributed by atoms with van der Waals surface area (Å²) < 4.78 is 5.35. The summed E-state index contributed by atoms with van der Waals surface area (Å²) in [5.41, 5.74) is 2.18. The maximum absolute atomic E-state index is 12.5. The van der Waals surface area contributed by atoms with Gasteiger partial charge in [-0.2, -0.15) is 0 Å². The molecule has 0 unspecified atom stereocenters. The fraction of sp³-hybridized carbons (Fsp3) is 0.556. The first-order valence-corrected chi connectivity index (χ1v) is 7.91. The SMILES string of the molecule is Cc1ccc(C(C)(C)CN(C)C(=O)[C@@H]2CC[C@H](C(=O)O)O2)cc1. The zero-order chi connectivity index (χ0) is 17.2. The average molecular weight is 319 g/mol. The quantitative estimate of drug-likeness (QED) is 0.905. The molecular formula is C18H25NO4. The summed E-state index contributed by atoms with van der Waals surface area (Å²) in [5, 5.41) is 8.96. The molecule has 1 saturated heterocycles. The lowest BCUT2D eigenvalue weighted by atomic mass is 9.83. The first-order chi connectivity index (χ1) is 10.7. The fourth-order valence-corrected chi connectivity index (χ4v) is 3.01. The number of aryl methyl sites for hydroxylation is 1. The molecule has 2 rings (SSSR count). The molecule has 0 aliphatic carbocycles. The molecule has 1 heterocycles. The van der Waals surface area contributed by atoms with Crippen molar-refractivity contribution < 1.29 is 19.4 Å². The van der Waals surface area contributed by atoms with Crippen LogP contribution in [-0.4, -0.2) is 47.7 Å². The summed E-state index contributed by atoms with van der Waals surface area (Å²) in [6.07, 6.45) is -0.649. The number of likely N-dealkylation sites (N-methyl/N-ethyl adjacent to an activating group) is 1. The van der Waals surface area contributed by atoms with E-state index in [9.17, 15) is 9.59 Å². The van der Waals surface area contributed by atoms with Gasteiger partial charge in [-0.15, -0.1) is 0 Å². The largest absolute Gasteiger partial charge is 0.479 e. The minimum atomic E-state index is -0.997.